The number of rotatable bonds is 3. The molecule has 0 aliphatic carbocycles. The molecule has 3 aromatic heterocycles. The van der Waals surface area contributed by atoms with Gasteiger partial charge in [0, 0.05) is 12.1 Å². The lowest BCUT2D eigenvalue weighted by atomic mass is 9.97. The minimum atomic E-state index is -1.24. The fourth-order valence-corrected chi connectivity index (χ4v) is 3.94. The summed E-state index contributed by atoms with van der Waals surface area (Å²) in [5.74, 6) is 0.0389. The van der Waals surface area contributed by atoms with Gasteiger partial charge in [0.25, 0.3) is 11.6 Å². The largest absolute Gasteiger partial charge is 0.480 e. The standard InChI is InChI=1S/C20H21N3O5/c1-10-8-13(12(3)27-10)15-9-14(16-11(2)22-28-17(16)21-15)18(24)23-7-5-6-20(23,4)19(25)26/h8-9H,5-7H2,1-4H3,(H,25,26). The highest BCUT2D eigenvalue weighted by atomic mass is 16.5. The number of pyridine rings is 1. The zero-order chi connectivity index (χ0) is 20.2. The molecule has 1 atom stereocenters. The Hall–Kier alpha value is -3.16. The molecule has 1 amide bonds. The van der Waals surface area contributed by atoms with Crippen molar-refractivity contribution in [1.82, 2.24) is 15.0 Å². The van der Waals surface area contributed by atoms with Gasteiger partial charge < -0.3 is 18.9 Å². The summed E-state index contributed by atoms with van der Waals surface area (Å²) in [6, 6.07) is 3.52. The van der Waals surface area contributed by atoms with E-state index in [2.05, 4.69) is 10.1 Å². The van der Waals surface area contributed by atoms with E-state index < -0.39 is 11.5 Å². The van der Waals surface area contributed by atoms with Crippen molar-refractivity contribution in [3.63, 3.8) is 0 Å². The van der Waals surface area contributed by atoms with Crippen LogP contribution in [0, 0.1) is 20.8 Å². The molecule has 1 N–H and O–H groups in total. The number of amides is 1. The molecule has 0 spiro atoms. The third-order valence-electron chi connectivity index (χ3n) is 5.51. The van der Waals surface area contributed by atoms with Gasteiger partial charge in [-0.25, -0.2) is 9.78 Å². The number of carboxylic acid groups (broad SMARTS) is 1. The fourth-order valence-electron chi connectivity index (χ4n) is 3.94. The predicted octanol–water partition coefficient (Wildman–Crippen LogP) is 3.49. The molecule has 1 aliphatic rings. The first-order valence-corrected chi connectivity index (χ1v) is 9.12. The van der Waals surface area contributed by atoms with Crippen LogP contribution in [0.15, 0.2) is 21.1 Å². The monoisotopic (exact) mass is 383 g/mol. The Bertz CT molecular complexity index is 1110. The molecule has 4 rings (SSSR count). The van der Waals surface area contributed by atoms with Crippen LogP contribution >= 0.6 is 0 Å². The highest BCUT2D eigenvalue weighted by Crippen LogP contribution is 2.35. The summed E-state index contributed by atoms with van der Waals surface area (Å²) in [5.41, 5.74) is 1.16. The van der Waals surface area contributed by atoms with Gasteiger partial charge in [-0.2, -0.15) is 0 Å². The average Bonchev–Trinajstić information content (AvgIpc) is 3.31. The second-order valence-electron chi connectivity index (χ2n) is 7.47. The Labute approximate surface area is 161 Å². The second-order valence-corrected chi connectivity index (χ2v) is 7.47. The summed E-state index contributed by atoms with van der Waals surface area (Å²) in [7, 11) is 0. The summed E-state index contributed by atoms with van der Waals surface area (Å²) in [4.78, 5) is 31.2. The first-order valence-electron chi connectivity index (χ1n) is 9.12. The van der Waals surface area contributed by atoms with Gasteiger partial charge >= 0.3 is 5.97 Å². The van der Waals surface area contributed by atoms with Crippen LogP contribution in [-0.4, -0.2) is 44.1 Å². The van der Waals surface area contributed by atoms with Crippen LogP contribution in [0.3, 0.4) is 0 Å². The van der Waals surface area contributed by atoms with Crippen molar-refractivity contribution in [3.05, 3.63) is 34.9 Å². The number of furan rings is 1. The van der Waals surface area contributed by atoms with E-state index in [1.807, 2.05) is 19.9 Å². The molecule has 8 nitrogen and oxygen atoms in total. The molecular formula is C20H21N3O5. The number of aromatic nitrogens is 2. The van der Waals surface area contributed by atoms with E-state index in [0.717, 1.165) is 11.3 Å². The topological polar surface area (TPSA) is 110 Å². The number of carbonyl (C=O) groups is 2. The number of carboxylic acids is 1. The molecule has 3 aromatic rings. The third-order valence-corrected chi connectivity index (χ3v) is 5.51. The van der Waals surface area contributed by atoms with Crippen LogP contribution in [0.2, 0.25) is 0 Å². The first-order chi connectivity index (χ1) is 13.2. The summed E-state index contributed by atoms with van der Waals surface area (Å²) in [6.07, 6.45) is 1.05. The van der Waals surface area contributed by atoms with Gasteiger partial charge in [-0.05, 0) is 52.7 Å². The average molecular weight is 383 g/mol. The molecule has 4 heterocycles. The van der Waals surface area contributed by atoms with Crippen molar-refractivity contribution in [3.8, 4) is 11.3 Å². The molecule has 1 unspecified atom stereocenters. The van der Waals surface area contributed by atoms with Crippen molar-refractivity contribution >= 4 is 23.0 Å². The van der Waals surface area contributed by atoms with Crippen molar-refractivity contribution < 1.29 is 23.6 Å². The number of fused-ring (bicyclic) bond motifs is 1. The van der Waals surface area contributed by atoms with Gasteiger partial charge in [-0.15, -0.1) is 0 Å². The van der Waals surface area contributed by atoms with Gasteiger partial charge in [0.1, 0.15) is 17.1 Å². The van der Waals surface area contributed by atoms with Gasteiger partial charge in [0.15, 0.2) is 0 Å². The molecule has 1 fully saturated rings. The van der Waals surface area contributed by atoms with E-state index in [0.29, 0.717) is 47.5 Å². The summed E-state index contributed by atoms with van der Waals surface area (Å²) in [5, 5.41) is 14.1. The lowest BCUT2D eigenvalue weighted by Gasteiger charge is -2.31. The number of likely N-dealkylation sites (tertiary alicyclic amines) is 1. The van der Waals surface area contributed by atoms with E-state index in [-0.39, 0.29) is 11.6 Å². The molecule has 0 radical (unpaired) electrons. The number of hydrogen-bond donors (Lipinski definition) is 1. The molecular weight excluding hydrogens is 362 g/mol. The van der Waals surface area contributed by atoms with Gasteiger partial charge in [0.2, 0.25) is 0 Å². The van der Waals surface area contributed by atoms with Crippen molar-refractivity contribution in [2.24, 2.45) is 0 Å². The number of hydrogen-bond acceptors (Lipinski definition) is 6. The predicted molar refractivity (Wildman–Crippen MR) is 100 cm³/mol. The number of carbonyl (C=O) groups excluding carboxylic acids is 1. The lowest BCUT2D eigenvalue weighted by molar-refractivity contribution is -0.147. The minimum absolute atomic E-state index is 0.243. The number of aliphatic carboxylic acids is 1. The quantitative estimate of drug-likeness (QED) is 0.737. The Kier molecular flexibility index (Phi) is 4.02. The molecule has 146 valence electrons. The Balaban J connectivity index is 1.90. The van der Waals surface area contributed by atoms with Crippen molar-refractivity contribution in [2.45, 2.75) is 46.1 Å². The molecule has 0 bridgehead atoms. The summed E-state index contributed by atoms with van der Waals surface area (Å²) in [6.45, 7) is 7.36. The van der Waals surface area contributed by atoms with E-state index in [1.54, 1.807) is 19.9 Å². The van der Waals surface area contributed by atoms with Crippen LogP contribution in [0.1, 0.15) is 47.3 Å². The van der Waals surface area contributed by atoms with E-state index in [9.17, 15) is 14.7 Å². The molecule has 8 heteroatoms. The van der Waals surface area contributed by atoms with Gasteiger partial charge in [-0.1, -0.05) is 5.16 Å². The zero-order valence-electron chi connectivity index (χ0n) is 16.2. The second kappa shape index (κ2) is 6.19. The van der Waals surface area contributed by atoms with Gasteiger partial charge in [-0.3, -0.25) is 4.79 Å². The van der Waals surface area contributed by atoms with E-state index in [4.69, 9.17) is 8.94 Å². The van der Waals surface area contributed by atoms with Crippen LogP contribution in [0.25, 0.3) is 22.4 Å². The smallest absolute Gasteiger partial charge is 0.329 e. The van der Waals surface area contributed by atoms with E-state index in [1.165, 1.54) is 4.90 Å². The minimum Gasteiger partial charge on any atom is -0.480 e. The maximum atomic E-state index is 13.4. The molecule has 1 saturated heterocycles. The third kappa shape index (κ3) is 2.59. The first kappa shape index (κ1) is 18.2. The summed E-state index contributed by atoms with van der Waals surface area (Å²) >= 11 is 0. The lowest BCUT2D eigenvalue weighted by Crippen LogP contribution is -2.50. The van der Waals surface area contributed by atoms with Crippen LogP contribution < -0.4 is 0 Å². The fraction of sp³-hybridized carbons (Fsp3) is 0.400. The van der Waals surface area contributed by atoms with E-state index >= 15 is 0 Å². The Morgan fingerprint density at radius 3 is 2.64 bits per heavy atom. The van der Waals surface area contributed by atoms with Crippen LogP contribution in [-0.2, 0) is 4.79 Å². The van der Waals surface area contributed by atoms with Gasteiger partial charge in [0.05, 0.1) is 22.3 Å². The highest BCUT2D eigenvalue weighted by molar-refractivity contribution is 6.08. The molecule has 0 aromatic carbocycles. The number of aryl methyl sites for hydroxylation is 3. The Morgan fingerprint density at radius 2 is 2.00 bits per heavy atom. The van der Waals surface area contributed by atoms with Crippen LogP contribution in [0.5, 0.6) is 0 Å². The summed E-state index contributed by atoms with van der Waals surface area (Å²) < 4.78 is 10.9. The van der Waals surface area contributed by atoms with Crippen molar-refractivity contribution in [2.75, 3.05) is 6.54 Å². The SMILES string of the molecule is Cc1cc(-c2cc(C(=O)N3CCCC3(C)C(=O)O)c3c(C)noc3n2)c(C)o1. The van der Waals surface area contributed by atoms with Crippen molar-refractivity contribution in [1.29, 1.82) is 0 Å². The Morgan fingerprint density at radius 1 is 1.25 bits per heavy atom. The number of nitrogens with zero attached hydrogens (tertiary/aromatic N) is 3. The normalized spacial score (nSPS) is 19.5. The molecule has 1 aliphatic heterocycles. The molecule has 28 heavy (non-hydrogen) atoms. The zero-order valence-corrected chi connectivity index (χ0v) is 16.2. The maximum Gasteiger partial charge on any atom is 0.329 e. The highest BCUT2D eigenvalue weighted by Gasteiger charge is 2.46. The maximum absolute atomic E-state index is 13.4. The molecule has 0 saturated carbocycles. The van der Waals surface area contributed by atoms with Crippen LogP contribution in [0.4, 0.5) is 0 Å².